The SMILES string of the molecule is O=C(OCC(O)CCO)c1cc(Cl)cc(Cl)c1. The number of hydrogen-bond acceptors (Lipinski definition) is 4. The standard InChI is InChI=1S/C11H12Cl2O4/c12-8-3-7(4-9(13)5-8)11(16)17-6-10(15)1-2-14/h3-5,10,14-15H,1-2,6H2. The summed E-state index contributed by atoms with van der Waals surface area (Å²) in [6.45, 7) is -0.342. The normalized spacial score (nSPS) is 12.2. The highest BCUT2D eigenvalue weighted by atomic mass is 35.5. The number of carbonyl (C=O) groups excluding carboxylic acids is 1. The average Bonchev–Trinajstić information content (AvgIpc) is 2.25. The van der Waals surface area contributed by atoms with Crippen molar-refractivity contribution >= 4 is 29.2 Å². The fourth-order valence-electron chi connectivity index (χ4n) is 1.16. The Kier molecular flexibility index (Phi) is 5.71. The van der Waals surface area contributed by atoms with Crippen molar-refractivity contribution in [3.8, 4) is 0 Å². The van der Waals surface area contributed by atoms with E-state index < -0.39 is 12.1 Å². The molecule has 17 heavy (non-hydrogen) atoms. The Morgan fingerprint density at radius 3 is 2.41 bits per heavy atom. The summed E-state index contributed by atoms with van der Waals surface area (Å²) in [4.78, 5) is 11.5. The molecule has 4 nitrogen and oxygen atoms in total. The molecule has 0 fully saturated rings. The summed E-state index contributed by atoms with van der Waals surface area (Å²) in [6, 6.07) is 4.35. The minimum absolute atomic E-state index is 0.156. The Morgan fingerprint density at radius 2 is 1.88 bits per heavy atom. The van der Waals surface area contributed by atoms with Gasteiger partial charge in [0, 0.05) is 16.7 Å². The molecule has 0 aromatic heterocycles. The lowest BCUT2D eigenvalue weighted by Crippen LogP contribution is -2.19. The molecule has 0 radical (unpaired) electrons. The maximum atomic E-state index is 11.5. The van der Waals surface area contributed by atoms with Crippen LogP contribution in [-0.4, -0.2) is 35.5 Å². The first-order valence-electron chi connectivity index (χ1n) is 4.95. The van der Waals surface area contributed by atoms with E-state index in [2.05, 4.69) is 0 Å². The number of aliphatic hydroxyl groups is 2. The Labute approximate surface area is 109 Å². The molecule has 0 spiro atoms. The maximum absolute atomic E-state index is 11.5. The van der Waals surface area contributed by atoms with Gasteiger partial charge >= 0.3 is 5.97 Å². The lowest BCUT2D eigenvalue weighted by Gasteiger charge is -2.10. The van der Waals surface area contributed by atoms with Gasteiger partial charge < -0.3 is 14.9 Å². The first-order chi connectivity index (χ1) is 8.02. The van der Waals surface area contributed by atoms with Gasteiger partial charge in [0.15, 0.2) is 0 Å². The van der Waals surface area contributed by atoms with E-state index in [0.717, 1.165) is 0 Å². The molecule has 0 saturated heterocycles. The number of ether oxygens (including phenoxy) is 1. The van der Waals surface area contributed by atoms with Crippen LogP contribution >= 0.6 is 23.2 Å². The van der Waals surface area contributed by atoms with Gasteiger partial charge in [-0.1, -0.05) is 23.2 Å². The van der Waals surface area contributed by atoms with Gasteiger partial charge in [-0.3, -0.25) is 0 Å². The van der Waals surface area contributed by atoms with E-state index in [9.17, 15) is 9.90 Å². The lowest BCUT2D eigenvalue weighted by molar-refractivity contribution is 0.0197. The summed E-state index contributed by atoms with van der Waals surface area (Å²) in [5.41, 5.74) is 0.221. The predicted octanol–water partition coefficient (Wildman–Crippen LogP) is 1.89. The number of esters is 1. The second-order valence-corrected chi connectivity index (χ2v) is 4.30. The number of rotatable bonds is 5. The zero-order valence-corrected chi connectivity index (χ0v) is 10.4. The minimum Gasteiger partial charge on any atom is -0.459 e. The summed E-state index contributed by atoms with van der Waals surface area (Å²) < 4.78 is 4.84. The van der Waals surface area contributed by atoms with Crippen molar-refractivity contribution in [3.63, 3.8) is 0 Å². The fourth-order valence-corrected chi connectivity index (χ4v) is 1.69. The van der Waals surface area contributed by atoms with Gasteiger partial charge in [0.25, 0.3) is 0 Å². The second-order valence-electron chi connectivity index (χ2n) is 3.42. The van der Waals surface area contributed by atoms with Gasteiger partial charge in [0.2, 0.25) is 0 Å². The Morgan fingerprint density at radius 1 is 1.29 bits per heavy atom. The molecular formula is C11H12Cl2O4. The Bertz CT molecular complexity index is 375. The first kappa shape index (κ1) is 14.3. The van der Waals surface area contributed by atoms with Gasteiger partial charge in [0.1, 0.15) is 6.61 Å². The Balaban J connectivity index is 2.58. The molecule has 1 aromatic carbocycles. The number of aliphatic hydroxyl groups excluding tert-OH is 2. The van der Waals surface area contributed by atoms with Crippen LogP contribution in [-0.2, 0) is 4.74 Å². The van der Waals surface area contributed by atoms with Gasteiger partial charge in [0.05, 0.1) is 11.7 Å². The van der Waals surface area contributed by atoms with E-state index in [-0.39, 0.29) is 25.2 Å². The van der Waals surface area contributed by atoms with Crippen molar-refractivity contribution < 1.29 is 19.7 Å². The van der Waals surface area contributed by atoms with Crippen molar-refractivity contribution in [1.82, 2.24) is 0 Å². The summed E-state index contributed by atoms with van der Waals surface area (Å²) in [7, 11) is 0. The highest BCUT2D eigenvalue weighted by Crippen LogP contribution is 2.19. The topological polar surface area (TPSA) is 66.8 Å². The number of benzene rings is 1. The molecule has 1 unspecified atom stereocenters. The largest absolute Gasteiger partial charge is 0.459 e. The summed E-state index contributed by atoms with van der Waals surface area (Å²) >= 11 is 11.5. The lowest BCUT2D eigenvalue weighted by atomic mass is 10.2. The maximum Gasteiger partial charge on any atom is 0.338 e. The molecule has 2 N–H and O–H groups in total. The van der Waals surface area contributed by atoms with Crippen LogP contribution in [0.4, 0.5) is 0 Å². The molecule has 6 heteroatoms. The molecule has 1 aromatic rings. The van der Waals surface area contributed by atoms with Crippen molar-refractivity contribution in [2.75, 3.05) is 13.2 Å². The van der Waals surface area contributed by atoms with Crippen LogP contribution in [0, 0.1) is 0 Å². The third-order valence-corrected chi connectivity index (χ3v) is 2.40. The summed E-state index contributed by atoms with van der Waals surface area (Å²) in [6.07, 6.45) is -0.720. The zero-order chi connectivity index (χ0) is 12.8. The zero-order valence-electron chi connectivity index (χ0n) is 8.90. The smallest absolute Gasteiger partial charge is 0.338 e. The van der Waals surface area contributed by atoms with E-state index >= 15 is 0 Å². The molecule has 0 heterocycles. The van der Waals surface area contributed by atoms with E-state index in [1.54, 1.807) is 0 Å². The van der Waals surface area contributed by atoms with Crippen LogP contribution in [0.5, 0.6) is 0 Å². The molecule has 0 aliphatic rings. The third-order valence-electron chi connectivity index (χ3n) is 1.97. The van der Waals surface area contributed by atoms with Crippen molar-refractivity contribution in [3.05, 3.63) is 33.8 Å². The van der Waals surface area contributed by atoms with Crippen LogP contribution in [0.3, 0.4) is 0 Å². The van der Waals surface area contributed by atoms with E-state index in [1.807, 2.05) is 0 Å². The summed E-state index contributed by atoms with van der Waals surface area (Å²) in [5, 5.41) is 18.5. The van der Waals surface area contributed by atoms with Crippen LogP contribution in [0.1, 0.15) is 16.8 Å². The van der Waals surface area contributed by atoms with Crippen LogP contribution in [0.15, 0.2) is 18.2 Å². The third kappa shape index (κ3) is 4.91. The molecule has 0 saturated carbocycles. The monoisotopic (exact) mass is 278 g/mol. The van der Waals surface area contributed by atoms with E-state index in [4.69, 9.17) is 33.0 Å². The molecule has 0 aliphatic carbocycles. The molecule has 94 valence electrons. The van der Waals surface area contributed by atoms with Crippen molar-refractivity contribution in [1.29, 1.82) is 0 Å². The van der Waals surface area contributed by atoms with E-state index in [0.29, 0.717) is 10.0 Å². The molecule has 0 aliphatic heterocycles. The number of carbonyl (C=O) groups is 1. The van der Waals surface area contributed by atoms with Gasteiger partial charge in [-0.05, 0) is 24.6 Å². The first-order valence-corrected chi connectivity index (χ1v) is 5.70. The number of halogens is 2. The Hall–Kier alpha value is -0.810. The highest BCUT2D eigenvalue weighted by Gasteiger charge is 2.12. The second kappa shape index (κ2) is 6.81. The predicted molar refractivity (Wildman–Crippen MR) is 64.5 cm³/mol. The van der Waals surface area contributed by atoms with Crippen molar-refractivity contribution in [2.45, 2.75) is 12.5 Å². The average molecular weight is 279 g/mol. The quantitative estimate of drug-likeness (QED) is 0.808. The van der Waals surface area contributed by atoms with Crippen LogP contribution in [0.25, 0.3) is 0 Å². The number of hydrogen-bond donors (Lipinski definition) is 2. The molecule has 0 bridgehead atoms. The van der Waals surface area contributed by atoms with E-state index in [1.165, 1.54) is 18.2 Å². The molecule has 1 rings (SSSR count). The molecule has 1 atom stereocenters. The van der Waals surface area contributed by atoms with Gasteiger partial charge in [-0.25, -0.2) is 4.79 Å². The minimum atomic E-state index is -0.876. The molecule has 0 amide bonds. The molecular weight excluding hydrogens is 267 g/mol. The van der Waals surface area contributed by atoms with Gasteiger partial charge in [-0.15, -0.1) is 0 Å². The van der Waals surface area contributed by atoms with Crippen molar-refractivity contribution in [2.24, 2.45) is 0 Å². The van der Waals surface area contributed by atoms with Crippen LogP contribution in [0.2, 0.25) is 10.0 Å². The summed E-state index contributed by atoms with van der Waals surface area (Å²) in [5.74, 6) is -0.619. The van der Waals surface area contributed by atoms with Crippen LogP contribution < -0.4 is 0 Å². The fraction of sp³-hybridized carbons (Fsp3) is 0.364. The highest BCUT2D eigenvalue weighted by molar-refractivity contribution is 6.35. The van der Waals surface area contributed by atoms with Gasteiger partial charge in [-0.2, -0.15) is 0 Å².